The second-order valence-electron chi connectivity index (χ2n) is 6.27. The fraction of sp³-hybridized carbons (Fsp3) is 0.150. The van der Waals surface area contributed by atoms with Crippen LogP contribution >= 0.6 is 0 Å². The third kappa shape index (κ3) is 6.90. The molecule has 0 saturated carbocycles. The molecule has 2 aromatic carbocycles. The smallest absolute Gasteiger partial charge is 0.329 e. The molecule has 0 aromatic heterocycles. The number of benzene rings is 2. The van der Waals surface area contributed by atoms with Crippen molar-refractivity contribution >= 4 is 40.7 Å². The summed E-state index contributed by atoms with van der Waals surface area (Å²) in [7, 11) is 0. The van der Waals surface area contributed by atoms with E-state index in [0.717, 1.165) is 5.56 Å². The summed E-state index contributed by atoms with van der Waals surface area (Å²) in [6.45, 7) is 3.44. The Morgan fingerprint density at radius 3 is 2.00 bits per heavy atom. The van der Waals surface area contributed by atoms with E-state index in [2.05, 4.69) is 21.2 Å². The van der Waals surface area contributed by atoms with E-state index in [-0.39, 0.29) is 12.3 Å². The Balaban J connectivity index is 1.82. The number of aryl methyl sites for hydroxylation is 1. The van der Waals surface area contributed by atoms with Crippen LogP contribution in [0.15, 0.2) is 53.6 Å². The van der Waals surface area contributed by atoms with E-state index < -0.39 is 17.7 Å². The van der Waals surface area contributed by atoms with Gasteiger partial charge in [-0.25, -0.2) is 5.43 Å². The van der Waals surface area contributed by atoms with Crippen LogP contribution in [0.2, 0.25) is 0 Å². The van der Waals surface area contributed by atoms with Gasteiger partial charge in [0.2, 0.25) is 11.8 Å². The van der Waals surface area contributed by atoms with Gasteiger partial charge in [0.25, 0.3) is 0 Å². The van der Waals surface area contributed by atoms with Crippen molar-refractivity contribution in [3.8, 4) is 0 Å². The summed E-state index contributed by atoms with van der Waals surface area (Å²) in [6.07, 6.45) is -0.0998. The Kier molecular flexibility index (Phi) is 7.19. The molecule has 0 bridgehead atoms. The van der Waals surface area contributed by atoms with Crippen LogP contribution in [0.4, 0.5) is 11.4 Å². The lowest BCUT2D eigenvalue weighted by molar-refractivity contribution is -0.136. The number of nitrogens with two attached hydrogens (primary N) is 1. The summed E-state index contributed by atoms with van der Waals surface area (Å²) in [5, 5.41) is 8.82. The number of carbonyl (C=O) groups excluding carboxylic acids is 4. The predicted molar refractivity (Wildman–Crippen MR) is 109 cm³/mol. The van der Waals surface area contributed by atoms with Crippen molar-refractivity contribution in [3.63, 3.8) is 0 Å². The van der Waals surface area contributed by atoms with E-state index in [1.165, 1.54) is 19.1 Å². The van der Waals surface area contributed by atoms with E-state index in [0.29, 0.717) is 22.6 Å². The molecular formula is C20H21N5O4. The summed E-state index contributed by atoms with van der Waals surface area (Å²) < 4.78 is 0. The minimum absolute atomic E-state index is 0.0998. The van der Waals surface area contributed by atoms with Crippen LogP contribution in [0.5, 0.6) is 0 Å². The lowest BCUT2D eigenvalue weighted by atomic mass is 10.2. The topological polar surface area (TPSA) is 143 Å². The highest BCUT2D eigenvalue weighted by atomic mass is 16.2. The zero-order chi connectivity index (χ0) is 21.4. The Morgan fingerprint density at radius 2 is 1.41 bits per heavy atom. The predicted octanol–water partition coefficient (Wildman–Crippen LogP) is 1.55. The van der Waals surface area contributed by atoms with Gasteiger partial charge in [-0.1, -0.05) is 17.7 Å². The molecule has 2 aromatic rings. The molecule has 29 heavy (non-hydrogen) atoms. The molecule has 0 heterocycles. The maximum Gasteiger partial charge on any atom is 0.329 e. The van der Waals surface area contributed by atoms with E-state index >= 15 is 0 Å². The summed E-state index contributed by atoms with van der Waals surface area (Å²) in [6, 6.07) is 13.0. The Morgan fingerprint density at radius 1 is 0.862 bits per heavy atom. The minimum atomic E-state index is -0.952. The Labute approximate surface area is 167 Å². The maximum atomic E-state index is 12.0. The molecule has 0 aliphatic rings. The molecule has 0 saturated heterocycles. The molecule has 5 N–H and O–H groups in total. The van der Waals surface area contributed by atoms with Crippen LogP contribution in [-0.2, 0) is 14.4 Å². The second-order valence-corrected chi connectivity index (χ2v) is 6.27. The summed E-state index contributed by atoms with van der Waals surface area (Å²) in [5.41, 5.74) is 9.88. The van der Waals surface area contributed by atoms with Gasteiger partial charge in [0.05, 0.1) is 6.42 Å². The number of amides is 4. The highest BCUT2D eigenvalue weighted by molar-refractivity contribution is 6.39. The molecule has 0 aliphatic carbocycles. The van der Waals surface area contributed by atoms with Crippen LogP contribution < -0.4 is 21.8 Å². The lowest BCUT2D eigenvalue weighted by Crippen LogP contribution is -2.33. The summed E-state index contributed by atoms with van der Waals surface area (Å²) in [5.74, 6) is -2.76. The largest absolute Gasteiger partial charge is 0.366 e. The van der Waals surface area contributed by atoms with Crippen molar-refractivity contribution in [2.45, 2.75) is 20.3 Å². The molecule has 4 amide bonds. The van der Waals surface area contributed by atoms with Crippen LogP contribution in [0.1, 0.15) is 29.3 Å². The van der Waals surface area contributed by atoms with Crippen molar-refractivity contribution in [2.24, 2.45) is 10.8 Å². The highest BCUT2D eigenvalue weighted by Gasteiger charge is 2.13. The van der Waals surface area contributed by atoms with Crippen LogP contribution in [0.3, 0.4) is 0 Å². The lowest BCUT2D eigenvalue weighted by Gasteiger charge is -2.06. The van der Waals surface area contributed by atoms with Gasteiger partial charge in [0.1, 0.15) is 0 Å². The molecule has 0 unspecified atom stereocenters. The number of nitrogens with one attached hydrogen (secondary N) is 3. The van der Waals surface area contributed by atoms with E-state index in [9.17, 15) is 19.2 Å². The fourth-order valence-corrected chi connectivity index (χ4v) is 2.22. The van der Waals surface area contributed by atoms with Gasteiger partial charge in [0, 0.05) is 22.6 Å². The molecule has 0 radical (unpaired) electrons. The van der Waals surface area contributed by atoms with Gasteiger partial charge in [-0.2, -0.15) is 5.10 Å². The van der Waals surface area contributed by atoms with Gasteiger partial charge in [0.15, 0.2) is 0 Å². The number of rotatable bonds is 6. The van der Waals surface area contributed by atoms with Gasteiger partial charge in [-0.15, -0.1) is 0 Å². The van der Waals surface area contributed by atoms with Gasteiger partial charge < -0.3 is 16.4 Å². The van der Waals surface area contributed by atoms with Crippen molar-refractivity contribution in [1.29, 1.82) is 0 Å². The molecule has 0 aliphatic heterocycles. The monoisotopic (exact) mass is 395 g/mol. The quantitative estimate of drug-likeness (QED) is 0.334. The molecule has 9 nitrogen and oxygen atoms in total. The molecule has 9 heteroatoms. The number of nitrogens with zero attached hydrogens (tertiary/aromatic N) is 1. The third-order valence-corrected chi connectivity index (χ3v) is 3.73. The first kappa shape index (κ1) is 21.3. The third-order valence-electron chi connectivity index (χ3n) is 3.73. The zero-order valence-electron chi connectivity index (χ0n) is 16.0. The molecule has 0 fully saturated rings. The Bertz CT molecular complexity index is 950. The fourth-order valence-electron chi connectivity index (χ4n) is 2.22. The first-order valence-corrected chi connectivity index (χ1v) is 8.65. The van der Waals surface area contributed by atoms with E-state index in [1.54, 1.807) is 36.4 Å². The number of hydrogen-bond donors (Lipinski definition) is 4. The maximum absolute atomic E-state index is 12.0. The van der Waals surface area contributed by atoms with Crippen molar-refractivity contribution < 1.29 is 19.2 Å². The van der Waals surface area contributed by atoms with Crippen molar-refractivity contribution in [1.82, 2.24) is 5.43 Å². The number of hydrazone groups is 1. The highest BCUT2D eigenvalue weighted by Crippen LogP contribution is 2.10. The molecule has 2 rings (SSSR count). The van der Waals surface area contributed by atoms with Crippen LogP contribution in [-0.4, -0.2) is 29.3 Å². The standard InChI is InChI=1S/C20H21N5O4/c1-12-3-7-16(8-4-12)23-19(28)20(29)25-24-13(2)11-17(26)22-15-9-5-14(6-10-15)18(21)27/h3-10H,11H2,1-2H3,(H2,21,27)(H,22,26)(H,23,28)(H,25,29)/b24-13+. The van der Waals surface area contributed by atoms with Crippen molar-refractivity contribution in [2.75, 3.05) is 10.6 Å². The summed E-state index contributed by atoms with van der Waals surface area (Å²) >= 11 is 0. The molecule has 150 valence electrons. The number of primary amides is 1. The first-order chi connectivity index (χ1) is 13.7. The minimum Gasteiger partial charge on any atom is -0.366 e. The number of carbonyl (C=O) groups is 4. The molecule has 0 spiro atoms. The van der Waals surface area contributed by atoms with Gasteiger partial charge >= 0.3 is 11.8 Å². The summed E-state index contributed by atoms with van der Waals surface area (Å²) in [4.78, 5) is 46.7. The van der Waals surface area contributed by atoms with Gasteiger partial charge in [-0.3, -0.25) is 19.2 Å². The van der Waals surface area contributed by atoms with E-state index in [4.69, 9.17) is 5.73 Å². The van der Waals surface area contributed by atoms with Crippen LogP contribution in [0, 0.1) is 6.92 Å². The average molecular weight is 395 g/mol. The van der Waals surface area contributed by atoms with E-state index in [1.807, 2.05) is 6.92 Å². The molecule has 0 atom stereocenters. The first-order valence-electron chi connectivity index (χ1n) is 8.65. The SMILES string of the molecule is C/C(CC(=O)Nc1ccc(C(N)=O)cc1)=N\NC(=O)C(=O)Nc1ccc(C)cc1. The van der Waals surface area contributed by atoms with Gasteiger partial charge in [-0.05, 0) is 50.2 Å². The van der Waals surface area contributed by atoms with Crippen molar-refractivity contribution in [3.05, 3.63) is 59.7 Å². The normalized spacial score (nSPS) is 10.8. The second kappa shape index (κ2) is 9.79. The number of anilines is 2. The zero-order valence-corrected chi connectivity index (χ0v) is 16.0. The van der Waals surface area contributed by atoms with Crippen LogP contribution in [0.25, 0.3) is 0 Å². The average Bonchev–Trinajstić information content (AvgIpc) is 2.68. The Hall–Kier alpha value is -4.01. The number of hydrogen-bond acceptors (Lipinski definition) is 5. The molecular weight excluding hydrogens is 374 g/mol.